The topological polar surface area (TPSA) is 102 Å². The summed E-state index contributed by atoms with van der Waals surface area (Å²) in [6, 6.07) is 14.4. The van der Waals surface area contributed by atoms with Gasteiger partial charge in [0.2, 0.25) is 0 Å². The first-order valence-electron chi connectivity index (χ1n) is 8.96. The molecule has 7 nitrogen and oxygen atoms in total. The molecule has 7 heteroatoms. The maximum absolute atomic E-state index is 11.3. The van der Waals surface area contributed by atoms with E-state index in [9.17, 15) is 15.2 Å². The highest BCUT2D eigenvalue weighted by Gasteiger charge is 2.18. The minimum absolute atomic E-state index is 0.100. The zero-order valence-electron chi connectivity index (χ0n) is 15.0. The van der Waals surface area contributed by atoms with Crippen LogP contribution >= 0.6 is 0 Å². The zero-order valence-corrected chi connectivity index (χ0v) is 15.0. The lowest BCUT2D eigenvalue weighted by Gasteiger charge is -2.30. The number of aliphatic hydroxyl groups excluding tert-OH is 1. The number of anilines is 1. The number of benzene rings is 2. The molecule has 0 unspecified atom stereocenters. The van der Waals surface area contributed by atoms with Gasteiger partial charge in [0.15, 0.2) is 0 Å². The quantitative estimate of drug-likeness (QED) is 0.602. The number of nitro groups is 1. The average Bonchev–Trinajstić information content (AvgIpc) is 2.69. The van der Waals surface area contributed by atoms with Crippen molar-refractivity contribution in [2.45, 2.75) is 32.0 Å². The van der Waals surface area contributed by atoms with E-state index < -0.39 is 4.92 Å². The van der Waals surface area contributed by atoms with Crippen molar-refractivity contribution < 1.29 is 10.0 Å². The Hall–Kier alpha value is -2.95. The molecule has 0 radical (unpaired) electrons. The van der Waals surface area contributed by atoms with Crippen LogP contribution in [0.25, 0.3) is 0 Å². The molecule has 1 saturated heterocycles. The molecule has 1 aliphatic heterocycles. The standard InChI is InChI=1S/C20H22N4O3/c21-12-15-5-6-19(20(11-15)24(26)27)22-13-16-3-1-2-4-17(16)14-23-9-7-18(25)8-10-23/h1-6,11,18,22,25H,7-10,13-14H2. The van der Waals surface area contributed by atoms with Crippen molar-refractivity contribution in [2.24, 2.45) is 0 Å². The summed E-state index contributed by atoms with van der Waals surface area (Å²) in [6.45, 7) is 2.98. The van der Waals surface area contributed by atoms with Crippen molar-refractivity contribution in [1.82, 2.24) is 4.90 Å². The largest absolute Gasteiger partial charge is 0.393 e. The van der Waals surface area contributed by atoms with Crippen LogP contribution in [0.4, 0.5) is 11.4 Å². The maximum atomic E-state index is 11.3. The maximum Gasteiger partial charge on any atom is 0.293 e. The molecule has 0 aromatic heterocycles. The summed E-state index contributed by atoms with van der Waals surface area (Å²) in [4.78, 5) is 13.1. The molecule has 0 amide bonds. The zero-order chi connectivity index (χ0) is 19.2. The second-order valence-electron chi connectivity index (χ2n) is 6.73. The number of likely N-dealkylation sites (tertiary alicyclic amines) is 1. The Morgan fingerprint density at radius 1 is 1.22 bits per heavy atom. The molecular weight excluding hydrogens is 344 g/mol. The van der Waals surface area contributed by atoms with Crippen LogP contribution in [0, 0.1) is 21.4 Å². The lowest BCUT2D eigenvalue weighted by Crippen LogP contribution is -2.35. The van der Waals surface area contributed by atoms with Gasteiger partial charge in [0, 0.05) is 32.2 Å². The third kappa shape index (κ3) is 4.82. The van der Waals surface area contributed by atoms with E-state index in [0.717, 1.165) is 43.6 Å². The fraction of sp³-hybridized carbons (Fsp3) is 0.350. The molecule has 1 heterocycles. The molecule has 0 atom stereocenters. The third-order valence-corrected chi connectivity index (χ3v) is 4.86. The van der Waals surface area contributed by atoms with Crippen molar-refractivity contribution in [3.8, 4) is 6.07 Å². The van der Waals surface area contributed by atoms with Crippen LogP contribution in [0.1, 0.15) is 29.5 Å². The molecule has 0 spiro atoms. The first-order valence-corrected chi connectivity index (χ1v) is 8.96. The van der Waals surface area contributed by atoms with Gasteiger partial charge in [-0.05, 0) is 36.1 Å². The lowest BCUT2D eigenvalue weighted by molar-refractivity contribution is -0.384. The molecule has 0 aliphatic carbocycles. The lowest BCUT2D eigenvalue weighted by atomic mass is 10.0. The Kier molecular flexibility index (Phi) is 6.01. The summed E-state index contributed by atoms with van der Waals surface area (Å²) in [7, 11) is 0. The van der Waals surface area contributed by atoms with E-state index >= 15 is 0 Å². The van der Waals surface area contributed by atoms with Gasteiger partial charge in [0.05, 0.1) is 22.7 Å². The Bertz CT molecular complexity index is 855. The van der Waals surface area contributed by atoms with E-state index in [1.807, 2.05) is 24.3 Å². The molecule has 27 heavy (non-hydrogen) atoms. The molecule has 1 aliphatic rings. The van der Waals surface area contributed by atoms with Gasteiger partial charge < -0.3 is 10.4 Å². The van der Waals surface area contributed by atoms with Crippen LogP contribution in [0.5, 0.6) is 0 Å². The van der Waals surface area contributed by atoms with E-state index in [0.29, 0.717) is 12.2 Å². The van der Waals surface area contributed by atoms with E-state index in [2.05, 4.69) is 16.3 Å². The van der Waals surface area contributed by atoms with Crippen LogP contribution in [0.2, 0.25) is 0 Å². The van der Waals surface area contributed by atoms with Crippen molar-refractivity contribution >= 4 is 11.4 Å². The molecule has 2 aromatic carbocycles. The number of aliphatic hydroxyl groups is 1. The van der Waals surface area contributed by atoms with Gasteiger partial charge in [0.25, 0.3) is 5.69 Å². The summed E-state index contributed by atoms with van der Waals surface area (Å²) in [5.74, 6) is 0. The van der Waals surface area contributed by atoms with Gasteiger partial charge in [-0.15, -0.1) is 0 Å². The highest BCUT2D eigenvalue weighted by atomic mass is 16.6. The minimum Gasteiger partial charge on any atom is -0.393 e. The van der Waals surface area contributed by atoms with Crippen molar-refractivity contribution in [3.05, 3.63) is 69.3 Å². The van der Waals surface area contributed by atoms with Gasteiger partial charge in [-0.3, -0.25) is 15.0 Å². The van der Waals surface area contributed by atoms with E-state index in [-0.39, 0.29) is 17.4 Å². The van der Waals surface area contributed by atoms with Gasteiger partial charge in [-0.1, -0.05) is 24.3 Å². The van der Waals surface area contributed by atoms with E-state index in [1.165, 1.54) is 6.07 Å². The number of hydrogen-bond donors (Lipinski definition) is 2. The minimum atomic E-state index is -0.478. The average molecular weight is 366 g/mol. The molecular formula is C20H22N4O3. The number of piperidine rings is 1. The predicted molar refractivity (Wildman–Crippen MR) is 102 cm³/mol. The van der Waals surface area contributed by atoms with Gasteiger partial charge in [-0.2, -0.15) is 5.26 Å². The fourth-order valence-electron chi connectivity index (χ4n) is 3.29. The summed E-state index contributed by atoms with van der Waals surface area (Å²) >= 11 is 0. The molecule has 3 rings (SSSR count). The smallest absolute Gasteiger partial charge is 0.293 e. The molecule has 2 N–H and O–H groups in total. The van der Waals surface area contributed by atoms with Crippen LogP contribution in [0.3, 0.4) is 0 Å². The van der Waals surface area contributed by atoms with Gasteiger partial charge >= 0.3 is 0 Å². The number of nitrogens with zero attached hydrogens (tertiary/aromatic N) is 3. The third-order valence-electron chi connectivity index (χ3n) is 4.86. The monoisotopic (exact) mass is 366 g/mol. The number of rotatable bonds is 6. The normalized spacial score (nSPS) is 15.3. The highest BCUT2D eigenvalue weighted by Crippen LogP contribution is 2.26. The first kappa shape index (κ1) is 18.8. The summed E-state index contributed by atoms with van der Waals surface area (Å²) < 4.78 is 0. The number of nitrogens with one attached hydrogen (secondary N) is 1. The Labute approximate surface area is 158 Å². The van der Waals surface area contributed by atoms with E-state index in [1.54, 1.807) is 12.1 Å². The van der Waals surface area contributed by atoms with Crippen molar-refractivity contribution in [2.75, 3.05) is 18.4 Å². The summed E-state index contributed by atoms with van der Waals surface area (Å²) in [5, 5.41) is 33.0. The molecule has 0 bridgehead atoms. The van der Waals surface area contributed by atoms with Crippen molar-refractivity contribution in [3.63, 3.8) is 0 Å². The number of nitro benzene ring substituents is 1. The Morgan fingerprint density at radius 2 is 1.93 bits per heavy atom. The fourth-order valence-corrected chi connectivity index (χ4v) is 3.29. The second kappa shape index (κ2) is 8.62. The second-order valence-corrected chi connectivity index (χ2v) is 6.73. The highest BCUT2D eigenvalue weighted by molar-refractivity contribution is 5.64. The van der Waals surface area contributed by atoms with Crippen LogP contribution < -0.4 is 5.32 Å². The molecule has 2 aromatic rings. The van der Waals surface area contributed by atoms with Gasteiger partial charge in [-0.25, -0.2) is 0 Å². The first-order chi connectivity index (χ1) is 13.1. The van der Waals surface area contributed by atoms with Gasteiger partial charge in [0.1, 0.15) is 5.69 Å². The SMILES string of the molecule is N#Cc1ccc(NCc2ccccc2CN2CCC(O)CC2)c([N+](=O)[O-])c1. The predicted octanol–water partition coefficient (Wildman–Crippen LogP) is 3.04. The van der Waals surface area contributed by atoms with Crippen LogP contribution in [-0.2, 0) is 13.1 Å². The summed E-state index contributed by atoms with van der Waals surface area (Å²) in [5.41, 5.74) is 2.80. The molecule has 0 saturated carbocycles. The van der Waals surface area contributed by atoms with Crippen LogP contribution in [0.15, 0.2) is 42.5 Å². The number of nitriles is 1. The molecule has 140 valence electrons. The Morgan fingerprint density at radius 3 is 2.59 bits per heavy atom. The number of hydrogen-bond acceptors (Lipinski definition) is 6. The summed E-state index contributed by atoms with van der Waals surface area (Å²) in [6.07, 6.45) is 1.38. The Balaban J connectivity index is 1.72. The van der Waals surface area contributed by atoms with Crippen molar-refractivity contribution in [1.29, 1.82) is 5.26 Å². The van der Waals surface area contributed by atoms with E-state index in [4.69, 9.17) is 5.26 Å². The van der Waals surface area contributed by atoms with Crippen LogP contribution in [-0.4, -0.2) is 34.1 Å². The molecule has 1 fully saturated rings.